The van der Waals surface area contributed by atoms with E-state index in [0.717, 1.165) is 6.07 Å². The van der Waals surface area contributed by atoms with Gasteiger partial charge in [-0.2, -0.15) is 0 Å². The maximum atomic E-state index is 13.6. The van der Waals surface area contributed by atoms with Crippen molar-refractivity contribution < 1.29 is 36.3 Å². The summed E-state index contributed by atoms with van der Waals surface area (Å²) in [6, 6.07) is 4.75. The first kappa shape index (κ1) is 28.9. The van der Waals surface area contributed by atoms with Crippen LogP contribution in [0, 0.1) is 29.3 Å². The monoisotopic (exact) mass is 560 g/mol. The van der Waals surface area contributed by atoms with Crippen LogP contribution in [0.1, 0.15) is 50.4 Å². The molecule has 0 bridgehead atoms. The predicted octanol–water partition coefficient (Wildman–Crippen LogP) is 4.48. The second-order valence-corrected chi connectivity index (χ2v) is 12.0. The Kier molecular flexibility index (Phi) is 8.60. The van der Waals surface area contributed by atoms with Crippen LogP contribution in [-0.2, 0) is 14.6 Å². The van der Waals surface area contributed by atoms with E-state index in [1.54, 1.807) is 6.92 Å². The summed E-state index contributed by atoms with van der Waals surface area (Å²) in [5.41, 5.74) is -1.80. The summed E-state index contributed by atoms with van der Waals surface area (Å²) in [4.78, 5) is 23.8. The first-order valence-corrected chi connectivity index (χ1v) is 13.6. The molecule has 1 fully saturated rings. The molecule has 0 radical (unpaired) electrons. The number of aliphatic hydroxyl groups is 1. The van der Waals surface area contributed by atoms with Gasteiger partial charge < -0.3 is 15.7 Å². The van der Waals surface area contributed by atoms with Gasteiger partial charge in [0.2, 0.25) is 5.91 Å². The van der Waals surface area contributed by atoms with E-state index in [1.165, 1.54) is 19.1 Å². The molecule has 1 aliphatic carbocycles. The SMILES string of the molecule is CCC1C[C@@H](S(=O)(=O)c2cc(C(=O)Nc3cc(F)c(F)c(F)c3)ccc2Cl)C[C@H](C)[C@@]1(O)CNC(C)=O. The van der Waals surface area contributed by atoms with E-state index in [1.807, 2.05) is 6.92 Å². The van der Waals surface area contributed by atoms with Crippen LogP contribution >= 0.6 is 11.6 Å². The number of benzene rings is 2. The van der Waals surface area contributed by atoms with Crippen molar-refractivity contribution in [2.24, 2.45) is 11.8 Å². The fourth-order valence-corrected chi connectivity index (χ4v) is 7.31. The van der Waals surface area contributed by atoms with Crippen molar-refractivity contribution in [3.63, 3.8) is 0 Å². The summed E-state index contributed by atoms with van der Waals surface area (Å²) in [5.74, 6) is -6.78. The Morgan fingerprint density at radius 3 is 2.32 bits per heavy atom. The van der Waals surface area contributed by atoms with Crippen LogP contribution in [-0.4, -0.2) is 42.7 Å². The molecule has 0 spiro atoms. The maximum Gasteiger partial charge on any atom is 0.255 e. The lowest BCUT2D eigenvalue weighted by Crippen LogP contribution is -2.57. The Balaban J connectivity index is 1.89. The molecule has 1 aliphatic rings. The summed E-state index contributed by atoms with van der Waals surface area (Å²) in [7, 11) is -4.08. The van der Waals surface area contributed by atoms with E-state index in [0.29, 0.717) is 18.6 Å². The fraction of sp³-hybridized carbons (Fsp3) is 0.440. The number of amides is 2. The quantitative estimate of drug-likeness (QED) is 0.432. The lowest BCUT2D eigenvalue weighted by molar-refractivity contribution is -0.124. The molecule has 3 N–H and O–H groups in total. The Labute approximate surface area is 218 Å². The van der Waals surface area contributed by atoms with Crippen LogP contribution in [0.4, 0.5) is 18.9 Å². The van der Waals surface area contributed by atoms with Gasteiger partial charge in [-0.15, -0.1) is 0 Å². The number of carbonyl (C=O) groups is 2. The van der Waals surface area contributed by atoms with E-state index in [2.05, 4.69) is 10.6 Å². The van der Waals surface area contributed by atoms with Crippen LogP contribution in [0.5, 0.6) is 0 Å². The average Bonchev–Trinajstić information content (AvgIpc) is 2.82. The van der Waals surface area contributed by atoms with Crippen molar-refractivity contribution in [2.75, 3.05) is 11.9 Å². The van der Waals surface area contributed by atoms with Crippen molar-refractivity contribution in [3.05, 3.63) is 58.4 Å². The minimum Gasteiger partial charge on any atom is -0.387 e. The van der Waals surface area contributed by atoms with Gasteiger partial charge in [0.15, 0.2) is 27.3 Å². The summed E-state index contributed by atoms with van der Waals surface area (Å²) in [5, 5.41) is 15.1. The zero-order valence-corrected chi connectivity index (χ0v) is 22.0. The topological polar surface area (TPSA) is 113 Å². The molecular formula is C25H28ClF3N2O5S. The molecule has 2 amide bonds. The number of rotatable bonds is 7. The van der Waals surface area contributed by atoms with Gasteiger partial charge in [-0.3, -0.25) is 9.59 Å². The van der Waals surface area contributed by atoms with Crippen molar-refractivity contribution in [3.8, 4) is 0 Å². The lowest BCUT2D eigenvalue weighted by Gasteiger charge is -2.47. The van der Waals surface area contributed by atoms with Crippen molar-refractivity contribution in [1.82, 2.24) is 5.32 Å². The van der Waals surface area contributed by atoms with E-state index in [9.17, 15) is 36.3 Å². The number of anilines is 1. The molecule has 202 valence electrons. The number of sulfone groups is 1. The number of hydrogen-bond donors (Lipinski definition) is 3. The van der Waals surface area contributed by atoms with Crippen LogP contribution in [0.25, 0.3) is 0 Å². The standard InChI is InChI=1S/C25H28ClF3N2O5S/c1-4-16-9-18(7-13(2)25(16,34)12-30-14(3)32)37(35,36)22-8-15(5-6-19(22)26)24(33)31-17-10-20(27)23(29)21(28)11-17/h5-6,8,10-11,13,16,18,34H,4,7,9,12H2,1-3H3,(H,30,32)(H,31,33)/t13-,16?,18-,25-/m0/s1. The second kappa shape index (κ2) is 11.0. The molecule has 2 aromatic rings. The molecule has 1 saturated carbocycles. The van der Waals surface area contributed by atoms with E-state index < -0.39 is 55.9 Å². The Morgan fingerprint density at radius 1 is 1.14 bits per heavy atom. The van der Waals surface area contributed by atoms with Gasteiger partial charge in [0.1, 0.15) is 0 Å². The molecule has 37 heavy (non-hydrogen) atoms. The minimum absolute atomic E-state index is 0.00421. The highest BCUT2D eigenvalue weighted by atomic mass is 35.5. The molecule has 0 aromatic heterocycles. The van der Waals surface area contributed by atoms with Crippen LogP contribution in [0.2, 0.25) is 5.02 Å². The Bertz CT molecular complexity index is 1300. The number of hydrogen-bond acceptors (Lipinski definition) is 5. The molecule has 7 nitrogen and oxygen atoms in total. The highest BCUT2D eigenvalue weighted by Gasteiger charge is 2.49. The van der Waals surface area contributed by atoms with Gasteiger partial charge in [-0.25, -0.2) is 21.6 Å². The molecule has 3 rings (SSSR count). The minimum atomic E-state index is -4.08. The summed E-state index contributed by atoms with van der Waals surface area (Å²) in [6.07, 6.45) is 0.670. The predicted molar refractivity (Wildman–Crippen MR) is 133 cm³/mol. The third-order valence-corrected chi connectivity index (χ3v) is 9.67. The first-order chi connectivity index (χ1) is 17.2. The Morgan fingerprint density at radius 2 is 1.76 bits per heavy atom. The zero-order valence-electron chi connectivity index (χ0n) is 20.4. The van der Waals surface area contributed by atoms with E-state index in [4.69, 9.17) is 11.6 Å². The smallest absolute Gasteiger partial charge is 0.255 e. The molecule has 12 heteroatoms. The van der Waals surface area contributed by atoms with Gasteiger partial charge in [-0.1, -0.05) is 31.9 Å². The zero-order chi connectivity index (χ0) is 27.7. The van der Waals surface area contributed by atoms with Crippen LogP contribution < -0.4 is 10.6 Å². The normalized spacial score (nSPS) is 23.9. The average molecular weight is 561 g/mol. The highest BCUT2D eigenvalue weighted by Crippen LogP contribution is 2.44. The van der Waals surface area contributed by atoms with Gasteiger partial charge in [0.05, 0.1) is 20.8 Å². The third-order valence-electron chi connectivity index (χ3n) is 7.02. The number of halogens is 4. The number of carbonyl (C=O) groups excluding carboxylic acids is 2. The van der Waals surface area contributed by atoms with Crippen LogP contribution in [0.15, 0.2) is 35.2 Å². The molecule has 1 unspecified atom stereocenters. The van der Waals surface area contributed by atoms with Crippen LogP contribution in [0.3, 0.4) is 0 Å². The maximum absolute atomic E-state index is 13.6. The summed E-state index contributed by atoms with van der Waals surface area (Å²) >= 11 is 6.22. The molecule has 0 saturated heterocycles. The summed E-state index contributed by atoms with van der Waals surface area (Å²) in [6.45, 7) is 4.87. The van der Waals surface area contributed by atoms with Crippen molar-refractivity contribution in [2.45, 2.75) is 55.8 Å². The van der Waals surface area contributed by atoms with Gasteiger partial charge in [0.25, 0.3) is 5.91 Å². The van der Waals surface area contributed by atoms with Gasteiger partial charge in [0, 0.05) is 36.9 Å². The number of nitrogens with one attached hydrogen (secondary N) is 2. The fourth-order valence-electron chi connectivity index (χ4n) is 4.85. The molecule has 2 aromatic carbocycles. The highest BCUT2D eigenvalue weighted by molar-refractivity contribution is 7.92. The third kappa shape index (κ3) is 5.94. The van der Waals surface area contributed by atoms with Crippen molar-refractivity contribution in [1.29, 1.82) is 0 Å². The van der Waals surface area contributed by atoms with Gasteiger partial charge >= 0.3 is 0 Å². The van der Waals surface area contributed by atoms with E-state index >= 15 is 0 Å². The summed E-state index contributed by atoms with van der Waals surface area (Å²) < 4.78 is 67.5. The molecule has 4 atom stereocenters. The van der Waals surface area contributed by atoms with Gasteiger partial charge in [-0.05, 0) is 42.9 Å². The largest absolute Gasteiger partial charge is 0.387 e. The molecule has 0 aliphatic heterocycles. The Hall–Kier alpha value is -2.63. The van der Waals surface area contributed by atoms with E-state index in [-0.39, 0.29) is 46.5 Å². The first-order valence-electron chi connectivity index (χ1n) is 11.7. The van der Waals surface area contributed by atoms with Crippen molar-refractivity contribution >= 4 is 38.9 Å². The molecular weight excluding hydrogens is 533 g/mol. The molecule has 0 heterocycles. The lowest BCUT2D eigenvalue weighted by atomic mass is 9.67. The second-order valence-electron chi connectivity index (χ2n) is 9.40.